The molecule has 1 atom stereocenters. The summed E-state index contributed by atoms with van der Waals surface area (Å²) >= 11 is 6.91. The van der Waals surface area contributed by atoms with Gasteiger partial charge in [-0.3, -0.25) is 14.4 Å². The van der Waals surface area contributed by atoms with Gasteiger partial charge in [-0.1, -0.05) is 23.7 Å². The number of thioether (sulfide) groups is 1. The first kappa shape index (κ1) is 21.8. The van der Waals surface area contributed by atoms with Crippen LogP contribution in [0.5, 0.6) is 0 Å². The maximum Gasteiger partial charge on any atom is 0.316 e. The molecule has 0 aliphatic carbocycles. The molecule has 2 aromatic carbocycles. The van der Waals surface area contributed by atoms with Crippen molar-refractivity contribution in [3.05, 3.63) is 59.1 Å². The van der Waals surface area contributed by atoms with Crippen molar-refractivity contribution < 1.29 is 19.1 Å². The van der Waals surface area contributed by atoms with Crippen molar-refractivity contribution in [1.29, 1.82) is 0 Å². The number of rotatable bonds is 8. The molecule has 0 saturated carbocycles. The van der Waals surface area contributed by atoms with Gasteiger partial charge in [0.15, 0.2) is 6.10 Å². The molecule has 0 heterocycles. The molecule has 2 aromatic rings. The lowest BCUT2D eigenvalue weighted by Crippen LogP contribution is -2.30. The van der Waals surface area contributed by atoms with Gasteiger partial charge in [-0.15, -0.1) is 11.8 Å². The maximum atomic E-state index is 12.1. The minimum atomic E-state index is -0.954. The highest BCUT2D eigenvalue weighted by Gasteiger charge is 2.18. The Morgan fingerprint density at radius 1 is 1.04 bits per heavy atom. The molecule has 0 aliphatic rings. The first-order chi connectivity index (χ1) is 13.3. The summed E-state index contributed by atoms with van der Waals surface area (Å²) < 4.78 is 5.09. The Morgan fingerprint density at radius 3 is 2.43 bits per heavy atom. The summed E-state index contributed by atoms with van der Waals surface area (Å²) in [5.74, 6) is -1.14. The second kappa shape index (κ2) is 10.7. The molecule has 28 heavy (non-hydrogen) atoms. The number of carbonyl (C=O) groups is 3. The molecule has 2 N–H and O–H groups in total. The van der Waals surface area contributed by atoms with Gasteiger partial charge in [0, 0.05) is 16.4 Å². The fourth-order valence-corrected chi connectivity index (χ4v) is 2.93. The molecule has 0 fully saturated rings. The number of hydrogen-bond donors (Lipinski definition) is 2. The first-order valence-electron chi connectivity index (χ1n) is 8.53. The van der Waals surface area contributed by atoms with Gasteiger partial charge in [-0.2, -0.15) is 0 Å². The van der Waals surface area contributed by atoms with E-state index in [9.17, 15) is 14.4 Å². The average Bonchev–Trinajstić information content (AvgIpc) is 2.63. The highest BCUT2D eigenvalue weighted by molar-refractivity contribution is 8.00. The third-order valence-corrected chi connectivity index (χ3v) is 4.70. The molecule has 2 amide bonds. The van der Waals surface area contributed by atoms with E-state index in [1.54, 1.807) is 30.3 Å². The lowest BCUT2D eigenvalue weighted by Gasteiger charge is -2.13. The minimum Gasteiger partial charge on any atom is -0.452 e. The molecule has 0 bridgehead atoms. The summed E-state index contributed by atoms with van der Waals surface area (Å²) in [4.78, 5) is 35.8. The molecular formula is C20H21ClN2O4S. The summed E-state index contributed by atoms with van der Waals surface area (Å²) in [6, 6.07) is 14.0. The molecule has 0 saturated heterocycles. The number of hydrogen-bond acceptors (Lipinski definition) is 5. The van der Waals surface area contributed by atoms with Crippen LogP contribution in [0.3, 0.4) is 0 Å². The topological polar surface area (TPSA) is 84.5 Å². The summed E-state index contributed by atoms with van der Waals surface area (Å²) in [6.45, 7) is 3.42. The van der Waals surface area contributed by atoms with Crippen molar-refractivity contribution in [3.63, 3.8) is 0 Å². The third kappa shape index (κ3) is 7.62. The Labute approximate surface area is 173 Å². The van der Waals surface area contributed by atoms with E-state index in [0.29, 0.717) is 16.4 Å². The van der Waals surface area contributed by atoms with Gasteiger partial charge in [0.1, 0.15) is 0 Å². The Hall–Kier alpha value is -2.51. The van der Waals surface area contributed by atoms with Gasteiger partial charge >= 0.3 is 5.97 Å². The largest absolute Gasteiger partial charge is 0.452 e. The maximum absolute atomic E-state index is 12.1. The van der Waals surface area contributed by atoms with Crippen LogP contribution < -0.4 is 10.6 Å². The zero-order valence-electron chi connectivity index (χ0n) is 15.5. The Kier molecular flexibility index (Phi) is 8.35. The molecule has 0 radical (unpaired) electrons. The van der Waals surface area contributed by atoms with Gasteiger partial charge in [0.05, 0.1) is 11.5 Å². The number of aryl methyl sites for hydroxylation is 1. The molecule has 8 heteroatoms. The van der Waals surface area contributed by atoms with E-state index in [-0.39, 0.29) is 17.4 Å². The fourth-order valence-electron chi connectivity index (χ4n) is 2.21. The second-order valence-electron chi connectivity index (χ2n) is 6.04. The van der Waals surface area contributed by atoms with Gasteiger partial charge in [0.2, 0.25) is 5.91 Å². The molecule has 6 nitrogen and oxygen atoms in total. The molecular weight excluding hydrogens is 400 g/mol. The van der Waals surface area contributed by atoms with Crippen LogP contribution in [0.15, 0.2) is 48.5 Å². The lowest BCUT2D eigenvalue weighted by atomic mass is 10.2. The van der Waals surface area contributed by atoms with Crippen LogP contribution in [0.1, 0.15) is 12.5 Å². The quantitative estimate of drug-likeness (QED) is 0.633. The smallest absolute Gasteiger partial charge is 0.316 e. The van der Waals surface area contributed by atoms with Crippen molar-refractivity contribution in [2.45, 2.75) is 20.0 Å². The molecule has 0 aliphatic heterocycles. The predicted octanol–water partition coefficient (Wildman–Crippen LogP) is 3.89. The fraction of sp³-hybridized carbons (Fsp3) is 0.250. The molecule has 0 spiro atoms. The van der Waals surface area contributed by atoms with E-state index in [2.05, 4.69) is 10.6 Å². The van der Waals surface area contributed by atoms with Gasteiger partial charge in [-0.25, -0.2) is 0 Å². The number of amides is 2. The monoisotopic (exact) mass is 420 g/mol. The van der Waals surface area contributed by atoms with E-state index in [4.69, 9.17) is 16.3 Å². The van der Waals surface area contributed by atoms with Crippen molar-refractivity contribution in [3.8, 4) is 0 Å². The summed E-state index contributed by atoms with van der Waals surface area (Å²) in [5, 5.41) is 5.95. The SMILES string of the molecule is Cc1cccc(NC(=O)CSCC(=O)O[C@@H](C)C(=O)Nc2ccc(Cl)cc2)c1. The predicted molar refractivity (Wildman–Crippen MR) is 113 cm³/mol. The summed E-state index contributed by atoms with van der Waals surface area (Å²) in [6.07, 6.45) is -0.954. The van der Waals surface area contributed by atoms with E-state index in [1.807, 2.05) is 25.1 Å². The minimum absolute atomic E-state index is 0.0280. The Bertz CT molecular complexity index is 842. The lowest BCUT2D eigenvalue weighted by molar-refractivity contribution is -0.150. The van der Waals surface area contributed by atoms with Crippen molar-refractivity contribution in [2.75, 3.05) is 22.1 Å². The Morgan fingerprint density at radius 2 is 1.75 bits per heavy atom. The first-order valence-corrected chi connectivity index (χ1v) is 10.1. The van der Waals surface area contributed by atoms with Gasteiger partial charge < -0.3 is 15.4 Å². The molecule has 148 valence electrons. The van der Waals surface area contributed by atoms with Gasteiger partial charge in [0.25, 0.3) is 5.91 Å². The van der Waals surface area contributed by atoms with Crippen LogP contribution in [0, 0.1) is 6.92 Å². The zero-order valence-corrected chi connectivity index (χ0v) is 17.1. The molecule has 0 aromatic heterocycles. The zero-order chi connectivity index (χ0) is 20.5. The van der Waals surface area contributed by atoms with Crippen LogP contribution >= 0.6 is 23.4 Å². The number of carbonyl (C=O) groups excluding carboxylic acids is 3. The van der Waals surface area contributed by atoms with Crippen LogP contribution in [-0.4, -0.2) is 35.4 Å². The van der Waals surface area contributed by atoms with Crippen molar-refractivity contribution in [1.82, 2.24) is 0 Å². The second-order valence-corrected chi connectivity index (χ2v) is 7.46. The highest BCUT2D eigenvalue weighted by atomic mass is 35.5. The van der Waals surface area contributed by atoms with Crippen molar-refractivity contribution in [2.24, 2.45) is 0 Å². The van der Waals surface area contributed by atoms with Crippen molar-refractivity contribution >= 4 is 52.5 Å². The average molecular weight is 421 g/mol. The summed E-state index contributed by atoms with van der Waals surface area (Å²) in [7, 11) is 0. The van der Waals surface area contributed by atoms with Crippen LogP contribution in [0.2, 0.25) is 5.02 Å². The number of benzene rings is 2. The number of nitrogens with one attached hydrogen (secondary N) is 2. The summed E-state index contributed by atoms with van der Waals surface area (Å²) in [5.41, 5.74) is 2.31. The van der Waals surface area contributed by atoms with E-state index >= 15 is 0 Å². The number of ether oxygens (including phenoxy) is 1. The van der Waals surface area contributed by atoms with E-state index < -0.39 is 18.0 Å². The van der Waals surface area contributed by atoms with E-state index in [0.717, 1.165) is 17.3 Å². The standard InChI is InChI=1S/C20H21ClN2O4S/c1-13-4-3-5-17(10-13)22-18(24)11-28-12-19(25)27-14(2)20(26)23-16-8-6-15(21)7-9-16/h3-10,14H,11-12H2,1-2H3,(H,22,24)(H,23,26)/t14-/m0/s1. The number of esters is 1. The number of anilines is 2. The van der Waals surface area contributed by atoms with Crippen LogP contribution in [0.25, 0.3) is 0 Å². The Balaban J connectivity index is 1.68. The highest BCUT2D eigenvalue weighted by Crippen LogP contribution is 2.14. The van der Waals surface area contributed by atoms with Crippen LogP contribution in [-0.2, 0) is 19.1 Å². The van der Waals surface area contributed by atoms with Crippen LogP contribution in [0.4, 0.5) is 11.4 Å². The third-order valence-electron chi connectivity index (χ3n) is 3.54. The molecule has 2 rings (SSSR count). The van der Waals surface area contributed by atoms with E-state index in [1.165, 1.54) is 6.92 Å². The molecule has 0 unspecified atom stereocenters. The normalized spacial score (nSPS) is 11.4. The number of halogens is 1. The van der Waals surface area contributed by atoms with Gasteiger partial charge in [-0.05, 0) is 55.8 Å².